The van der Waals surface area contributed by atoms with E-state index in [0.29, 0.717) is 13.1 Å². The Morgan fingerprint density at radius 3 is 2.23 bits per heavy atom. The minimum atomic E-state index is -0.553. The van der Waals surface area contributed by atoms with E-state index in [2.05, 4.69) is 18.3 Å². The first-order valence-corrected chi connectivity index (χ1v) is 10.6. The second kappa shape index (κ2) is 11.4. The number of methoxy groups -OCH3 is 1. The quantitative estimate of drug-likeness (QED) is 0.598. The van der Waals surface area contributed by atoms with Gasteiger partial charge in [0.25, 0.3) is 0 Å². The first-order chi connectivity index (χ1) is 14.3. The van der Waals surface area contributed by atoms with Crippen molar-refractivity contribution in [1.82, 2.24) is 10.2 Å². The van der Waals surface area contributed by atoms with Crippen molar-refractivity contribution in [3.05, 3.63) is 64.7 Å². The van der Waals surface area contributed by atoms with E-state index in [1.165, 1.54) is 0 Å². The van der Waals surface area contributed by atoms with Crippen LogP contribution in [0, 0.1) is 13.8 Å². The molecular formula is C25H34N2O3. The van der Waals surface area contributed by atoms with Crippen LogP contribution in [0.3, 0.4) is 0 Å². The smallest absolute Gasteiger partial charge is 0.242 e. The van der Waals surface area contributed by atoms with E-state index in [1.54, 1.807) is 18.9 Å². The lowest BCUT2D eigenvalue weighted by Gasteiger charge is -2.29. The molecule has 0 saturated carbocycles. The number of nitrogens with one attached hydrogen (secondary N) is 1. The Hall–Kier alpha value is -2.82. The number of carbonyl (C=O) groups is 2. The highest BCUT2D eigenvalue weighted by atomic mass is 16.5. The molecule has 1 atom stereocenters. The molecule has 0 aliphatic rings. The third-order valence-corrected chi connectivity index (χ3v) is 5.15. The topological polar surface area (TPSA) is 58.6 Å². The Morgan fingerprint density at radius 1 is 1.03 bits per heavy atom. The molecule has 2 rings (SSSR count). The van der Waals surface area contributed by atoms with Crippen LogP contribution in [0.4, 0.5) is 0 Å². The van der Waals surface area contributed by atoms with Crippen molar-refractivity contribution in [2.75, 3.05) is 13.7 Å². The average molecular weight is 411 g/mol. The summed E-state index contributed by atoms with van der Waals surface area (Å²) >= 11 is 0. The van der Waals surface area contributed by atoms with Crippen molar-refractivity contribution in [2.24, 2.45) is 0 Å². The van der Waals surface area contributed by atoms with Gasteiger partial charge < -0.3 is 15.0 Å². The molecule has 0 spiro atoms. The number of aryl methyl sites for hydroxylation is 2. The van der Waals surface area contributed by atoms with Crippen molar-refractivity contribution in [3.63, 3.8) is 0 Å². The molecule has 5 nitrogen and oxygen atoms in total. The number of unbranched alkanes of at least 4 members (excludes halogenated alkanes) is 1. The maximum atomic E-state index is 13.3. The van der Waals surface area contributed by atoms with Crippen LogP contribution in [0.25, 0.3) is 0 Å². The monoisotopic (exact) mass is 410 g/mol. The molecule has 0 aromatic heterocycles. The molecule has 2 aromatic rings. The van der Waals surface area contributed by atoms with Gasteiger partial charge in [-0.05, 0) is 50.5 Å². The van der Waals surface area contributed by atoms with Crippen LogP contribution in [0.15, 0.2) is 42.5 Å². The molecule has 0 radical (unpaired) electrons. The summed E-state index contributed by atoms with van der Waals surface area (Å²) in [6.45, 7) is 8.93. The first kappa shape index (κ1) is 23.5. The predicted molar refractivity (Wildman–Crippen MR) is 121 cm³/mol. The van der Waals surface area contributed by atoms with Crippen LogP contribution in [0.1, 0.15) is 48.9 Å². The van der Waals surface area contributed by atoms with E-state index in [4.69, 9.17) is 4.74 Å². The van der Waals surface area contributed by atoms with Gasteiger partial charge in [0.1, 0.15) is 11.8 Å². The number of rotatable bonds is 10. The van der Waals surface area contributed by atoms with Gasteiger partial charge in [-0.25, -0.2) is 0 Å². The number of benzene rings is 2. The summed E-state index contributed by atoms with van der Waals surface area (Å²) < 4.78 is 5.22. The standard InChI is InChI=1S/C25H34N2O3/c1-6-7-12-26-25(29)20(4)27(17-21-8-10-23(30-5)11-9-21)24(28)16-22-14-18(2)13-19(3)15-22/h8-11,13-15,20H,6-7,12,16-17H2,1-5H3,(H,26,29). The lowest BCUT2D eigenvalue weighted by molar-refractivity contribution is -0.140. The highest BCUT2D eigenvalue weighted by Gasteiger charge is 2.26. The fourth-order valence-corrected chi connectivity index (χ4v) is 3.49. The van der Waals surface area contributed by atoms with Crippen molar-refractivity contribution in [1.29, 1.82) is 0 Å². The van der Waals surface area contributed by atoms with Crippen LogP contribution in [0.5, 0.6) is 5.75 Å². The molecule has 0 aliphatic heterocycles. The Kier molecular flexibility index (Phi) is 8.90. The molecule has 0 heterocycles. The second-order valence-corrected chi connectivity index (χ2v) is 7.86. The van der Waals surface area contributed by atoms with Gasteiger partial charge in [-0.2, -0.15) is 0 Å². The van der Waals surface area contributed by atoms with Crippen molar-refractivity contribution >= 4 is 11.8 Å². The van der Waals surface area contributed by atoms with Gasteiger partial charge in [0, 0.05) is 13.1 Å². The van der Waals surface area contributed by atoms with E-state index >= 15 is 0 Å². The first-order valence-electron chi connectivity index (χ1n) is 10.6. The zero-order valence-electron chi connectivity index (χ0n) is 18.8. The molecule has 0 saturated heterocycles. The zero-order chi connectivity index (χ0) is 22.1. The number of carbonyl (C=O) groups excluding carboxylic acids is 2. The number of amides is 2. The van der Waals surface area contributed by atoms with Crippen LogP contribution in [0.2, 0.25) is 0 Å². The van der Waals surface area contributed by atoms with Gasteiger partial charge in [-0.1, -0.05) is 54.8 Å². The fourth-order valence-electron chi connectivity index (χ4n) is 3.49. The van der Waals surface area contributed by atoms with E-state index in [1.807, 2.05) is 50.2 Å². The minimum absolute atomic E-state index is 0.0611. The third-order valence-electron chi connectivity index (χ3n) is 5.15. The van der Waals surface area contributed by atoms with Gasteiger partial charge in [-0.3, -0.25) is 9.59 Å². The summed E-state index contributed by atoms with van der Waals surface area (Å²) in [6, 6.07) is 13.2. The summed E-state index contributed by atoms with van der Waals surface area (Å²) in [5, 5.41) is 2.95. The fraction of sp³-hybridized carbons (Fsp3) is 0.440. The third kappa shape index (κ3) is 6.90. The maximum absolute atomic E-state index is 13.3. The molecule has 2 aromatic carbocycles. The van der Waals surface area contributed by atoms with Crippen molar-refractivity contribution in [3.8, 4) is 5.75 Å². The molecule has 2 amide bonds. The largest absolute Gasteiger partial charge is 0.497 e. The molecule has 30 heavy (non-hydrogen) atoms. The van der Waals surface area contributed by atoms with Crippen LogP contribution >= 0.6 is 0 Å². The predicted octanol–water partition coefficient (Wildman–Crippen LogP) is 4.19. The molecular weight excluding hydrogens is 376 g/mol. The SMILES string of the molecule is CCCCNC(=O)C(C)N(Cc1ccc(OC)cc1)C(=O)Cc1cc(C)cc(C)c1. The summed E-state index contributed by atoms with van der Waals surface area (Å²) in [6.07, 6.45) is 2.20. The normalized spacial score (nSPS) is 11.6. The van der Waals surface area contributed by atoms with Crippen LogP contribution in [-0.2, 0) is 22.6 Å². The molecule has 0 bridgehead atoms. The lowest BCUT2D eigenvalue weighted by Crippen LogP contribution is -2.48. The molecule has 5 heteroatoms. The number of nitrogens with zero attached hydrogens (tertiary/aromatic N) is 1. The number of hydrogen-bond acceptors (Lipinski definition) is 3. The van der Waals surface area contributed by atoms with Gasteiger partial charge in [0.15, 0.2) is 0 Å². The summed E-state index contributed by atoms with van der Waals surface area (Å²) in [5.74, 6) is 0.580. The van der Waals surface area contributed by atoms with Gasteiger partial charge in [0.2, 0.25) is 11.8 Å². The van der Waals surface area contributed by atoms with Crippen molar-refractivity contribution in [2.45, 2.75) is 59.5 Å². The Balaban J connectivity index is 2.21. The maximum Gasteiger partial charge on any atom is 0.242 e. The second-order valence-electron chi connectivity index (χ2n) is 7.86. The summed E-state index contributed by atoms with van der Waals surface area (Å²) in [4.78, 5) is 27.6. The summed E-state index contributed by atoms with van der Waals surface area (Å²) in [7, 11) is 1.62. The molecule has 1 N–H and O–H groups in total. The molecule has 162 valence electrons. The van der Waals surface area contributed by atoms with E-state index in [0.717, 1.165) is 40.8 Å². The number of ether oxygens (including phenoxy) is 1. The van der Waals surface area contributed by atoms with Gasteiger partial charge >= 0.3 is 0 Å². The van der Waals surface area contributed by atoms with Crippen molar-refractivity contribution < 1.29 is 14.3 Å². The zero-order valence-corrected chi connectivity index (χ0v) is 18.8. The summed E-state index contributed by atoms with van der Waals surface area (Å²) in [5.41, 5.74) is 4.18. The van der Waals surface area contributed by atoms with Crippen LogP contribution < -0.4 is 10.1 Å². The van der Waals surface area contributed by atoms with Gasteiger partial charge in [0.05, 0.1) is 13.5 Å². The Labute approximate surface area is 180 Å². The lowest BCUT2D eigenvalue weighted by atomic mass is 10.0. The van der Waals surface area contributed by atoms with E-state index in [-0.39, 0.29) is 18.2 Å². The molecule has 1 unspecified atom stereocenters. The van der Waals surface area contributed by atoms with Gasteiger partial charge in [-0.15, -0.1) is 0 Å². The Bertz CT molecular complexity index is 826. The highest BCUT2D eigenvalue weighted by molar-refractivity contribution is 5.88. The van der Waals surface area contributed by atoms with E-state index in [9.17, 15) is 9.59 Å². The minimum Gasteiger partial charge on any atom is -0.497 e. The van der Waals surface area contributed by atoms with E-state index < -0.39 is 6.04 Å². The number of hydrogen-bond donors (Lipinski definition) is 1. The molecule has 0 fully saturated rings. The highest BCUT2D eigenvalue weighted by Crippen LogP contribution is 2.17. The average Bonchev–Trinajstić information content (AvgIpc) is 2.71. The Morgan fingerprint density at radius 2 is 1.67 bits per heavy atom. The van der Waals surface area contributed by atoms with Crippen LogP contribution in [-0.4, -0.2) is 36.4 Å². The molecule has 0 aliphatic carbocycles.